The van der Waals surface area contributed by atoms with E-state index < -0.39 is 8.07 Å². The van der Waals surface area contributed by atoms with E-state index in [1.807, 2.05) is 0 Å². The largest absolute Gasteiger partial charge is 0.256 e. The molecule has 2 rings (SSSR count). The van der Waals surface area contributed by atoms with E-state index >= 15 is 0 Å². The third-order valence-electron chi connectivity index (χ3n) is 4.75. The normalized spacial score (nSPS) is 13.4. The number of aryl methyl sites for hydroxylation is 2. The SMILES string of the molecule is Cc1cc(C)cc(-c2cc(C(C)C(C)C)c([Si](C)(C)C)cn2)c1. The highest BCUT2D eigenvalue weighted by Gasteiger charge is 2.25. The summed E-state index contributed by atoms with van der Waals surface area (Å²) in [7, 11) is -1.39. The van der Waals surface area contributed by atoms with Crippen LogP contribution >= 0.6 is 0 Å². The van der Waals surface area contributed by atoms with E-state index in [0.29, 0.717) is 11.8 Å². The number of hydrogen-bond donors (Lipinski definition) is 0. The molecule has 1 atom stereocenters. The average molecular weight is 326 g/mol. The molecule has 0 spiro atoms. The molecule has 1 heterocycles. The van der Waals surface area contributed by atoms with Crippen LogP contribution in [0.3, 0.4) is 0 Å². The number of benzene rings is 1. The van der Waals surface area contributed by atoms with Crippen LogP contribution in [-0.4, -0.2) is 13.1 Å². The minimum atomic E-state index is -1.39. The van der Waals surface area contributed by atoms with Gasteiger partial charge in [-0.25, -0.2) is 0 Å². The summed E-state index contributed by atoms with van der Waals surface area (Å²) < 4.78 is 0. The molecule has 0 aliphatic heterocycles. The monoisotopic (exact) mass is 325 g/mol. The molecular weight excluding hydrogens is 294 g/mol. The summed E-state index contributed by atoms with van der Waals surface area (Å²) in [5.41, 5.74) is 6.45. The van der Waals surface area contributed by atoms with E-state index in [-0.39, 0.29) is 0 Å². The Labute approximate surface area is 143 Å². The second kappa shape index (κ2) is 6.60. The lowest BCUT2D eigenvalue weighted by Gasteiger charge is -2.26. The molecule has 0 N–H and O–H groups in total. The van der Waals surface area contributed by atoms with Crippen molar-refractivity contribution in [2.45, 2.75) is 60.2 Å². The predicted molar refractivity (Wildman–Crippen MR) is 105 cm³/mol. The fourth-order valence-electron chi connectivity index (χ4n) is 3.11. The van der Waals surface area contributed by atoms with Gasteiger partial charge in [-0.3, -0.25) is 4.98 Å². The number of nitrogens with zero attached hydrogens (tertiary/aromatic N) is 1. The van der Waals surface area contributed by atoms with E-state index in [1.54, 1.807) is 0 Å². The molecule has 0 fully saturated rings. The molecule has 0 saturated heterocycles. The van der Waals surface area contributed by atoms with Crippen LogP contribution in [0.2, 0.25) is 19.6 Å². The smallest absolute Gasteiger partial charge is 0.0799 e. The first-order chi connectivity index (χ1) is 10.6. The Morgan fingerprint density at radius 2 is 1.43 bits per heavy atom. The highest BCUT2D eigenvalue weighted by atomic mass is 28.3. The summed E-state index contributed by atoms with van der Waals surface area (Å²) in [4.78, 5) is 4.83. The van der Waals surface area contributed by atoms with Crippen LogP contribution in [0.15, 0.2) is 30.5 Å². The Balaban J connectivity index is 2.62. The third-order valence-corrected chi connectivity index (χ3v) is 6.79. The summed E-state index contributed by atoms with van der Waals surface area (Å²) in [6.07, 6.45) is 2.16. The number of pyridine rings is 1. The topological polar surface area (TPSA) is 12.9 Å². The standard InChI is InChI=1S/C21H31NSi/c1-14(2)17(5)19-12-20(22-13-21(19)23(6,7)8)18-10-15(3)9-16(4)11-18/h9-14,17H,1-8H3. The van der Waals surface area contributed by atoms with E-state index in [9.17, 15) is 0 Å². The second-order valence-corrected chi connectivity index (χ2v) is 13.4. The molecule has 0 amide bonds. The molecule has 1 aromatic heterocycles. The van der Waals surface area contributed by atoms with Crippen molar-refractivity contribution in [3.63, 3.8) is 0 Å². The summed E-state index contributed by atoms with van der Waals surface area (Å²) in [6, 6.07) is 9.06. The highest BCUT2D eigenvalue weighted by Crippen LogP contribution is 2.28. The third kappa shape index (κ3) is 4.11. The fraction of sp³-hybridized carbons (Fsp3) is 0.476. The van der Waals surface area contributed by atoms with Gasteiger partial charge >= 0.3 is 0 Å². The Bertz CT molecular complexity index is 675. The molecule has 0 saturated carbocycles. The molecule has 0 aliphatic carbocycles. The van der Waals surface area contributed by atoms with Gasteiger partial charge in [-0.05, 0) is 54.6 Å². The Morgan fingerprint density at radius 3 is 1.91 bits per heavy atom. The summed E-state index contributed by atoms with van der Waals surface area (Å²) in [5, 5.41) is 1.51. The van der Waals surface area contributed by atoms with Gasteiger partial charge in [0.2, 0.25) is 0 Å². The van der Waals surface area contributed by atoms with Crippen molar-refractivity contribution >= 4 is 13.3 Å². The van der Waals surface area contributed by atoms with Crippen molar-refractivity contribution < 1.29 is 0 Å². The Morgan fingerprint density at radius 1 is 0.870 bits per heavy atom. The Kier molecular flexibility index (Phi) is 5.15. The zero-order valence-electron chi connectivity index (χ0n) is 16.0. The molecule has 2 heteroatoms. The van der Waals surface area contributed by atoms with Gasteiger partial charge in [0.25, 0.3) is 0 Å². The van der Waals surface area contributed by atoms with Gasteiger partial charge < -0.3 is 0 Å². The lowest BCUT2D eigenvalue weighted by Crippen LogP contribution is -2.41. The lowest BCUT2D eigenvalue weighted by atomic mass is 9.89. The van der Waals surface area contributed by atoms with Gasteiger partial charge in [-0.15, -0.1) is 0 Å². The van der Waals surface area contributed by atoms with E-state index in [4.69, 9.17) is 4.98 Å². The van der Waals surface area contributed by atoms with Crippen LogP contribution in [0.25, 0.3) is 11.3 Å². The first kappa shape index (κ1) is 17.9. The molecule has 0 aliphatic rings. The molecule has 124 valence electrons. The molecule has 1 unspecified atom stereocenters. The van der Waals surface area contributed by atoms with E-state index in [0.717, 1.165) is 5.69 Å². The van der Waals surface area contributed by atoms with Crippen molar-refractivity contribution in [3.05, 3.63) is 47.2 Å². The number of hydrogen-bond acceptors (Lipinski definition) is 1. The molecule has 23 heavy (non-hydrogen) atoms. The fourth-order valence-corrected chi connectivity index (χ4v) is 4.73. The molecule has 1 nitrogen and oxygen atoms in total. The average Bonchev–Trinajstić information content (AvgIpc) is 2.43. The minimum absolute atomic E-state index is 0.560. The van der Waals surface area contributed by atoms with Gasteiger partial charge in [0.05, 0.1) is 13.8 Å². The van der Waals surface area contributed by atoms with Crippen LogP contribution in [0.5, 0.6) is 0 Å². The van der Waals surface area contributed by atoms with Crippen LogP contribution < -0.4 is 5.19 Å². The number of rotatable bonds is 4. The van der Waals surface area contributed by atoms with Crippen LogP contribution in [0.4, 0.5) is 0 Å². The van der Waals surface area contributed by atoms with Crippen molar-refractivity contribution in [3.8, 4) is 11.3 Å². The zero-order chi connectivity index (χ0) is 17.4. The molecule has 0 radical (unpaired) electrons. The quantitative estimate of drug-likeness (QED) is 0.660. The first-order valence-electron chi connectivity index (χ1n) is 8.68. The summed E-state index contributed by atoms with van der Waals surface area (Å²) in [6.45, 7) is 18.5. The molecule has 0 bridgehead atoms. The molecular formula is C21H31NSi. The second-order valence-electron chi connectivity index (χ2n) is 8.32. The summed E-state index contributed by atoms with van der Waals surface area (Å²) >= 11 is 0. The van der Waals surface area contributed by atoms with Crippen molar-refractivity contribution in [2.75, 3.05) is 0 Å². The number of aromatic nitrogens is 1. The van der Waals surface area contributed by atoms with Gasteiger partial charge in [-0.1, -0.05) is 57.6 Å². The van der Waals surface area contributed by atoms with Gasteiger partial charge in [0, 0.05) is 11.8 Å². The zero-order valence-corrected chi connectivity index (χ0v) is 17.0. The maximum atomic E-state index is 4.83. The van der Waals surface area contributed by atoms with Crippen molar-refractivity contribution in [1.29, 1.82) is 0 Å². The van der Waals surface area contributed by atoms with Crippen molar-refractivity contribution in [1.82, 2.24) is 4.98 Å². The van der Waals surface area contributed by atoms with Crippen molar-refractivity contribution in [2.24, 2.45) is 5.92 Å². The first-order valence-corrected chi connectivity index (χ1v) is 12.2. The van der Waals surface area contributed by atoms with Gasteiger partial charge in [0.1, 0.15) is 0 Å². The van der Waals surface area contributed by atoms with E-state index in [2.05, 4.69) is 84.7 Å². The van der Waals surface area contributed by atoms with E-state index in [1.165, 1.54) is 27.4 Å². The van der Waals surface area contributed by atoms with Crippen LogP contribution in [0.1, 0.15) is 43.4 Å². The predicted octanol–water partition coefficient (Wildman–Crippen LogP) is 5.67. The highest BCUT2D eigenvalue weighted by molar-refractivity contribution is 6.89. The van der Waals surface area contributed by atoms with Gasteiger partial charge in [0.15, 0.2) is 0 Å². The van der Waals surface area contributed by atoms with Crippen LogP contribution in [0, 0.1) is 19.8 Å². The minimum Gasteiger partial charge on any atom is -0.256 e. The van der Waals surface area contributed by atoms with Crippen LogP contribution in [-0.2, 0) is 0 Å². The maximum Gasteiger partial charge on any atom is 0.0799 e. The molecule has 2 aromatic rings. The Hall–Kier alpha value is -1.41. The maximum absolute atomic E-state index is 4.83. The molecule has 1 aromatic carbocycles. The summed E-state index contributed by atoms with van der Waals surface area (Å²) in [5.74, 6) is 1.20. The van der Waals surface area contributed by atoms with Gasteiger partial charge in [-0.2, -0.15) is 0 Å². The lowest BCUT2D eigenvalue weighted by molar-refractivity contribution is 0.537.